The number of imidazole rings is 1. The number of nitrogens with one attached hydrogen (secondary N) is 2. The Bertz CT molecular complexity index is 1020. The van der Waals surface area contributed by atoms with Crippen LogP contribution in [0.1, 0.15) is 6.42 Å². The summed E-state index contributed by atoms with van der Waals surface area (Å²) in [4.78, 5) is 38.7. The van der Waals surface area contributed by atoms with Crippen molar-refractivity contribution in [1.29, 1.82) is 0 Å². The van der Waals surface area contributed by atoms with Crippen molar-refractivity contribution >= 4 is 23.2 Å². The summed E-state index contributed by atoms with van der Waals surface area (Å²) >= 11 is 0. The molecule has 9 heteroatoms. The van der Waals surface area contributed by atoms with Gasteiger partial charge in [-0.25, -0.2) is 4.98 Å². The van der Waals surface area contributed by atoms with Crippen molar-refractivity contribution in [3.63, 3.8) is 0 Å². The van der Waals surface area contributed by atoms with Gasteiger partial charge >= 0.3 is 11.8 Å². The summed E-state index contributed by atoms with van der Waals surface area (Å²) in [7, 11) is 0. The molecule has 0 spiro atoms. The highest BCUT2D eigenvalue weighted by molar-refractivity contribution is 6.39. The van der Waals surface area contributed by atoms with Crippen LogP contribution in [0.5, 0.6) is 0 Å². The number of nitro groups is 1. The average molecular weight is 393 g/mol. The van der Waals surface area contributed by atoms with Crippen molar-refractivity contribution in [3.05, 3.63) is 77.1 Å². The lowest BCUT2D eigenvalue weighted by atomic mass is 10.2. The Morgan fingerprint density at radius 1 is 1.03 bits per heavy atom. The molecule has 2 N–H and O–H groups in total. The molecule has 0 radical (unpaired) electrons. The molecule has 9 nitrogen and oxygen atoms in total. The van der Waals surface area contributed by atoms with Crippen LogP contribution in [0, 0.1) is 10.1 Å². The van der Waals surface area contributed by atoms with E-state index < -0.39 is 16.7 Å². The van der Waals surface area contributed by atoms with E-state index in [0.29, 0.717) is 13.0 Å². The normalized spacial score (nSPS) is 10.3. The maximum absolute atomic E-state index is 12.0. The molecule has 1 heterocycles. The molecule has 0 saturated heterocycles. The van der Waals surface area contributed by atoms with Gasteiger partial charge in [0.05, 0.1) is 4.92 Å². The summed E-state index contributed by atoms with van der Waals surface area (Å²) in [5.74, 6) is -0.977. The third-order valence-corrected chi connectivity index (χ3v) is 4.16. The Balaban J connectivity index is 1.49. The zero-order valence-corrected chi connectivity index (χ0v) is 15.4. The molecule has 0 unspecified atom stereocenters. The van der Waals surface area contributed by atoms with Gasteiger partial charge in [0.2, 0.25) is 0 Å². The summed E-state index contributed by atoms with van der Waals surface area (Å²) in [6, 6.07) is 15.4. The number of amides is 2. The van der Waals surface area contributed by atoms with Gasteiger partial charge in [-0.3, -0.25) is 19.7 Å². The molecule has 29 heavy (non-hydrogen) atoms. The smallest absolute Gasteiger partial charge is 0.313 e. The molecule has 0 atom stereocenters. The van der Waals surface area contributed by atoms with Crippen LogP contribution in [0.4, 0.5) is 11.4 Å². The van der Waals surface area contributed by atoms with Crippen molar-refractivity contribution in [1.82, 2.24) is 14.9 Å². The molecule has 3 aromatic rings. The third kappa shape index (κ3) is 5.04. The summed E-state index contributed by atoms with van der Waals surface area (Å²) < 4.78 is 1.97. The summed E-state index contributed by atoms with van der Waals surface area (Å²) in [6.07, 6.45) is 4.15. The number of carbonyl (C=O) groups is 2. The van der Waals surface area contributed by atoms with Gasteiger partial charge in [-0.15, -0.1) is 0 Å². The van der Waals surface area contributed by atoms with Crippen molar-refractivity contribution in [2.24, 2.45) is 0 Å². The number of aryl methyl sites for hydroxylation is 1. The van der Waals surface area contributed by atoms with Gasteiger partial charge in [0.1, 0.15) is 11.5 Å². The van der Waals surface area contributed by atoms with Crippen LogP contribution in [-0.4, -0.2) is 32.8 Å². The first-order valence-corrected chi connectivity index (χ1v) is 8.95. The minimum absolute atomic E-state index is 0.0245. The zero-order valence-electron chi connectivity index (χ0n) is 15.4. The number of nitrogens with zero attached hydrogens (tertiary/aromatic N) is 3. The predicted molar refractivity (Wildman–Crippen MR) is 107 cm³/mol. The molecule has 2 amide bonds. The molecular weight excluding hydrogens is 374 g/mol. The maximum atomic E-state index is 12.0. The molecule has 148 valence electrons. The van der Waals surface area contributed by atoms with E-state index in [-0.39, 0.29) is 17.9 Å². The fourth-order valence-electron chi connectivity index (χ4n) is 2.79. The van der Waals surface area contributed by atoms with Crippen LogP contribution in [-0.2, 0) is 16.1 Å². The van der Waals surface area contributed by atoms with E-state index in [1.807, 2.05) is 41.1 Å². The number of anilines is 1. The van der Waals surface area contributed by atoms with E-state index in [1.54, 1.807) is 6.20 Å². The SMILES string of the molecule is O=C(NCCCn1ccnc1-c1ccccc1)C(=O)Nc1ccccc1[N+](=O)[O-]. The first-order valence-electron chi connectivity index (χ1n) is 8.95. The molecule has 0 saturated carbocycles. The fourth-order valence-corrected chi connectivity index (χ4v) is 2.79. The lowest BCUT2D eigenvalue weighted by molar-refractivity contribution is -0.383. The van der Waals surface area contributed by atoms with Gasteiger partial charge in [0.15, 0.2) is 0 Å². The quantitative estimate of drug-likeness (QED) is 0.277. The van der Waals surface area contributed by atoms with Gasteiger partial charge in [0.25, 0.3) is 5.69 Å². The minimum Gasteiger partial charge on any atom is -0.348 e. The molecule has 2 aromatic carbocycles. The average Bonchev–Trinajstić information content (AvgIpc) is 3.20. The second-order valence-electron chi connectivity index (χ2n) is 6.15. The second kappa shape index (κ2) is 9.27. The van der Waals surface area contributed by atoms with E-state index in [4.69, 9.17) is 0 Å². The van der Waals surface area contributed by atoms with Gasteiger partial charge < -0.3 is 15.2 Å². The molecule has 0 aliphatic rings. The first kappa shape index (κ1) is 19.7. The number of carbonyl (C=O) groups excluding carboxylic acids is 2. The monoisotopic (exact) mass is 393 g/mol. The van der Waals surface area contributed by atoms with Crippen LogP contribution >= 0.6 is 0 Å². The molecule has 0 bridgehead atoms. The zero-order chi connectivity index (χ0) is 20.6. The van der Waals surface area contributed by atoms with E-state index in [2.05, 4.69) is 15.6 Å². The van der Waals surface area contributed by atoms with Crippen molar-refractivity contribution in [2.45, 2.75) is 13.0 Å². The fraction of sp³-hybridized carbons (Fsp3) is 0.150. The third-order valence-electron chi connectivity index (χ3n) is 4.16. The Morgan fingerprint density at radius 2 is 1.76 bits per heavy atom. The standard InChI is InChI=1S/C20H19N5O4/c26-19(20(27)23-16-9-4-5-10-17(16)25(28)29)22-11-6-13-24-14-12-21-18(24)15-7-2-1-3-8-15/h1-5,7-10,12,14H,6,11,13H2,(H,22,26)(H,23,27). The van der Waals surface area contributed by atoms with Crippen LogP contribution < -0.4 is 10.6 Å². The molecule has 0 aliphatic heterocycles. The van der Waals surface area contributed by atoms with E-state index in [0.717, 1.165) is 11.4 Å². The highest BCUT2D eigenvalue weighted by Crippen LogP contribution is 2.23. The Morgan fingerprint density at radius 3 is 2.52 bits per heavy atom. The topological polar surface area (TPSA) is 119 Å². The van der Waals surface area contributed by atoms with E-state index in [9.17, 15) is 19.7 Å². The van der Waals surface area contributed by atoms with E-state index >= 15 is 0 Å². The number of nitro benzene ring substituents is 1. The number of rotatable bonds is 7. The van der Waals surface area contributed by atoms with Gasteiger partial charge in [0, 0.05) is 37.1 Å². The summed E-state index contributed by atoms with van der Waals surface area (Å²) in [5.41, 5.74) is 0.691. The van der Waals surface area contributed by atoms with E-state index in [1.165, 1.54) is 24.3 Å². The van der Waals surface area contributed by atoms with Crippen molar-refractivity contribution < 1.29 is 14.5 Å². The number of hydrogen-bond donors (Lipinski definition) is 2. The largest absolute Gasteiger partial charge is 0.348 e. The number of aromatic nitrogens is 2. The Labute approximate surface area is 166 Å². The lowest BCUT2D eigenvalue weighted by Crippen LogP contribution is -2.36. The summed E-state index contributed by atoms with van der Waals surface area (Å²) in [5, 5.41) is 15.8. The first-order chi connectivity index (χ1) is 14.1. The number of hydrogen-bond acceptors (Lipinski definition) is 5. The highest BCUT2D eigenvalue weighted by Gasteiger charge is 2.19. The molecule has 0 fully saturated rings. The number of benzene rings is 2. The van der Waals surface area contributed by atoms with Crippen LogP contribution in [0.3, 0.4) is 0 Å². The second-order valence-corrected chi connectivity index (χ2v) is 6.15. The van der Waals surface area contributed by atoms with Crippen LogP contribution in [0.15, 0.2) is 67.0 Å². The molecule has 0 aliphatic carbocycles. The summed E-state index contributed by atoms with van der Waals surface area (Å²) in [6.45, 7) is 0.881. The molecular formula is C20H19N5O4. The Hall–Kier alpha value is -4.01. The van der Waals surface area contributed by atoms with Gasteiger partial charge in [-0.2, -0.15) is 0 Å². The molecule has 3 rings (SSSR count). The Kier molecular flexibility index (Phi) is 6.31. The van der Waals surface area contributed by atoms with Gasteiger partial charge in [-0.1, -0.05) is 42.5 Å². The van der Waals surface area contributed by atoms with Crippen LogP contribution in [0.2, 0.25) is 0 Å². The highest BCUT2D eigenvalue weighted by atomic mass is 16.6. The minimum atomic E-state index is -0.952. The lowest BCUT2D eigenvalue weighted by Gasteiger charge is -2.09. The van der Waals surface area contributed by atoms with Gasteiger partial charge in [-0.05, 0) is 12.5 Å². The molecule has 1 aromatic heterocycles. The van der Waals surface area contributed by atoms with Crippen molar-refractivity contribution in [2.75, 3.05) is 11.9 Å². The maximum Gasteiger partial charge on any atom is 0.313 e. The number of para-hydroxylation sites is 2. The van der Waals surface area contributed by atoms with Crippen LogP contribution in [0.25, 0.3) is 11.4 Å². The predicted octanol–water partition coefficient (Wildman–Crippen LogP) is 2.60. The van der Waals surface area contributed by atoms with Crippen molar-refractivity contribution in [3.8, 4) is 11.4 Å².